The predicted molar refractivity (Wildman–Crippen MR) is 115 cm³/mol. The van der Waals surface area contributed by atoms with Gasteiger partial charge in [0.2, 0.25) is 5.91 Å². The monoisotopic (exact) mass is 388 g/mol. The number of nitrogens with zero attached hydrogens (tertiary/aromatic N) is 3. The molecule has 0 aliphatic rings. The normalized spacial score (nSPS) is 11.2. The Bertz CT molecular complexity index is 1240. The molecule has 0 saturated carbocycles. The van der Waals surface area contributed by atoms with Gasteiger partial charge in [-0.2, -0.15) is 5.10 Å². The molecule has 1 N–H and O–H groups in total. The maximum atomic E-state index is 13.1. The number of benzene rings is 2. The van der Waals surface area contributed by atoms with E-state index in [9.17, 15) is 9.59 Å². The van der Waals surface area contributed by atoms with E-state index in [1.165, 1.54) is 10.2 Å². The van der Waals surface area contributed by atoms with Crippen LogP contribution in [0.2, 0.25) is 0 Å². The van der Waals surface area contributed by atoms with Gasteiger partial charge in [-0.25, -0.2) is 4.68 Å². The Kier molecular flexibility index (Phi) is 5.16. The van der Waals surface area contributed by atoms with Crippen molar-refractivity contribution in [3.05, 3.63) is 76.2 Å². The third kappa shape index (κ3) is 3.66. The summed E-state index contributed by atoms with van der Waals surface area (Å²) in [6.07, 6.45) is 2.60. The lowest BCUT2D eigenvalue weighted by molar-refractivity contribution is -0.122. The third-order valence-corrected chi connectivity index (χ3v) is 5.12. The second-order valence-electron chi connectivity index (χ2n) is 7.30. The van der Waals surface area contributed by atoms with E-state index >= 15 is 0 Å². The van der Waals surface area contributed by atoms with E-state index in [0.717, 1.165) is 34.8 Å². The molecular weight excluding hydrogens is 364 g/mol. The highest BCUT2D eigenvalue weighted by atomic mass is 16.2. The summed E-state index contributed by atoms with van der Waals surface area (Å²) < 4.78 is 3.28. The van der Waals surface area contributed by atoms with Crippen LogP contribution < -0.4 is 10.9 Å². The van der Waals surface area contributed by atoms with Gasteiger partial charge in [-0.3, -0.25) is 9.59 Å². The first-order valence-corrected chi connectivity index (χ1v) is 9.87. The Morgan fingerprint density at radius 3 is 2.59 bits per heavy atom. The molecular formula is C23H24N4O2. The number of nitrogens with one attached hydrogen (secondary N) is 1. The van der Waals surface area contributed by atoms with E-state index < -0.39 is 0 Å². The van der Waals surface area contributed by atoms with E-state index in [4.69, 9.17) is 0 Å². The summed E-state index contributed by atoms with van der Waals surface area (Å²) in [5, 5.41) is 8.97. The number of amides is 1. The van der Waals surface area contributed by atoms with Gasteiger partial charge in [0.15, 0.2) is 0 Å². The van der Waals surface area contributed by atoms with Gasteiger partial charge in [0, 0.05) is 29.4 Å². The summed E-state index contributed by atoms with van der Waals surface area (Å²) in [5.74, 6) is -0.238. The summed E-state index contributed by atoms with van der Waals surface area (Å²) in [5.41, 5.74) is 3.58. The van der Waals surface area contributed by atoms with Gasteiger partial charge in [-0.05, 0) is 25.0 Å². The maximum Gasteiger partial charge on any atom is 0.291 e. The van der Waals surface area contributed by atoms with Crippen LogP contribution in [0.25, 0.3) is 21.8 Å². The largest absolute Gasteiger partial charge is 0.350 e. The van der Waals surface area contributed by atoms with Crippen LogP contribution in [0.1, 0.15) is 24.5 Å². The molecule has 2 aromatic carbocycles. The van der Waals surface area contributed by atoms with E-state index in [0.29, 0.717) is 12.1 Å². The molecule has 0 aliphatic heterocycles. The van der Waals surface area contributed by atoms with Crippen molar-refractivity contribution in [1.29, 1.82) is 0 Å². The first-order valence-electron chi connectivity index (χ1n) is 9.87. The average molecular weight is 388 g/mol. The van der Waals surface area contributed by atoms with Crippen molar-refractivity contribution in [3.8, 4) is 0 Å². The molecule has 0 spiro atoms. The van der Waals surface area contributed by atoms with Crippen molar-refractivity contribution in [2.75, 3.05) is 0 Å². The average Bonchev–Trinajstić information content (AvgIpc) is 3.05. The fourth-order valence-corrected chi connectivity index (χ4v) is 3.66. The number of aryl methyl sites for hydroxylation is 2. The topological polar surface area (TPSA) is 68.9 Å². The summed E-state index contributed by atoms with van der Waals surface area (Å²) in [7, 11) is 0. The predicted octanol–water partition coefficient (Wildman–Crippen LogP) is 3.39. The summed E-state index contributed by atoms with van der Waals surface area (Å²) >= 11 is 0. The summed E-state index contributed by atoms with van der Waals surface area (Å²) in [4.78, 5) is 25.5. The molecule has 6 heteroatoms. The molecule has 0 saturated heterocycles. The van der Waals surface area contributed by atoms with Crippen LogP contribution in [0.5, 0.6) is 0 Å². The number of aromatic nitrogens is 3. The van der Waals surface area contributed by atoms with Crippen LogP contribution >= 0.6 is 0 Å². The minimum Gasteiger partial charge on any atom is -0.350 e. The summed E-state index contributed by atoms with van der Waals surface area (Å²) in [6, 6.07) is 15.9. The van der Waals surface area contributed by atoms with Crippen LogP contribution in [0.15, 0.2) is 59.5 Å². The quantitative estimate of drug-likeness (QED) is 0.550. The Morgan fingerprint density at radius 1 is 1.07 bits per heavy atom. The molecule has 0 aliphatic carbocycles. The highest BCUT2D eigenvalue weighted by Gasteiger charge is 2.16. The molecule has 6 nitrogen and oxygen atoms in total. The highest BCUT2D eigenvalue weighted by Crippen LogP contribution is 2.26. The SMILES string of the molecule is CCCn1c2ccccc2c2cnn(CC(=O)NCc3ccc(C)cc3)c(=O)c21. The van der Waals surface area contributed by atoms with Crippen molar-refractivity contribution in [3.63, 3.8) is 0 Å². The van der Waals surface area contributed by atoms with Gasteiger partial charge in [0.05, 0.1) is 6.20 Å². The number of hydrogen-bond donors (Lipinski definition) is 1. The number of fused-ring (bicyclic) bond motifs is 3. The van der Waals surface area contributed by atoms with Crippen LogP contribution in [-0.2, 0) is 24.4 Å². The van der Waals surface area contributed by atoms with E-state index in [1.807, 2.05) is 60.0 Å². The lowest BCUT2D eigenvalue weighted by atomic mass is 10.1. The highest BCUT2D eigenvalue weighted by molar-refractivity contribution is 6.07. The Balaban J connectivity index is 1.62. The molecule has 29 heavy (non-hydrogen) atoms. The molecule has 4 rings (SSSR count). The van der Waals surface area contributed by atoms with Crippen LogP contribution in [0.4, 0.5) is 0 Å². The Hall–Kier alpha value is -3.41. The van der Waals surface area contributed by atoms with Gasteiger partial charge < -0.3 is 9.88 Å². The fraction of sp³-hybridized carbons (Fsp3) is 0.261. The number of para-hydroxylation sites is 1. The molecule has 0 bridgehead atoms. The summed E-state index contributed by atoms with van der Waals surface area (Å²) in [6.45, 7) is 5.16. The molecule has 0 fully saturated rings. The van der Waals surface area contributed by atoms with Crippen molar-refractivity contribution >= 4 is 27.7 Å². The van der Waals surface area contributed by atoms with Gasteiger partial charge in [-0.1, -0.05) is 55.0 Å². The maximum absolute atomic E-state index is 13.1. The standard InChI is InChI=1S/C23H24N4O2/c1-3-12-26-20-7-5-4-6-18(20)19-14-25-27(23(29)22(19)26)15-21(28)24-13-17-10-8-16(2)9-11-17/h4-11,14H,3,12-13,15H2,1-2H3,(H,24,28). The zero-order chi connectivity index (χ0) is 20.4. The van der Waals surface area contributed by atoms with Crippen molar-refractivity contribution < 1.29 is 4.79 Å². The Morgan fingerprint density at radius 2 is 1.83 bits per heavy atom. The van der Waals surface area contributed by atoms with Gasteiger partial charge >= 0.3 is 0 Å². The van der Waals surface area contributed by atoms with E-state index in [2.05, 4.69) is 17.3 Å². The molecule has 1 amide bonds. The van der Waals surface area contributed by atoms with Crippen molar-refractivity contribution in [1.82, 2.24) is 19.7 Å². The lowest BCUT2D eigenvalue weighted by Crippen LogP contribution is -2.33. The Labute approximate surface area is 168 Å². The van der Waals surface area contributed by atoms with Gasteiger partial charge in [0.25, 0.3) is 5.56 Å². The lowest BCUT2D eigenvalue weighted by Gasteiger charge is -2.09. The third-order valence-electron chi connectivity index (χ3n) is 5.12. The fourth-order valence-electron chi connectivity index (χ4n) is 3.66. The first kappa shape index (κ1) is 18.9. The minimum atomic E-state index is -0.238. The smallest absolute Gasteiger partial charge is 0.291 e. The van der Waals surface area contributed by atoms with Crippen LogP contribution in [-0.4, -0.2) is 20.3 Å². The van der Waals surface area contributed by atoms with Gasteiger partial charge in [-0.15, -0.1) is 0 Å². The van der Waals surface area contributed by atoms with E-state index in [-0.39, 0.29) is 18.0 Å². The van der Waals surface area contributed by atoms with Crippen molar-refractivity contribution in [2.45, 2.75) is 39.9 Å². The molecule has 0 unspecified atom stereocenters. The molecule has 0 atom stereocenters. The minimum absolute atomic E-state index is 0.103. The zero-order valence-electron chi connectivity index (χ0n) is 16.7. The number of rotatable bonds is 6. The van der Waals surface area contributed by atoms with E-state index in [1.54, 1.807) is 6.20 Å². The van der Waals surface area contributed by atoms with Crippen LogP contribution in [0, 0.1) is 6.92 Å². The molecule has 4 aromatic rings. The second-order valence-corrected chi connectivity index (χ2v) is 7.30. The number of carbonyl (C=O) groups excluding carboxylic acids is 1. The molecule has 0 radical (unpaired) electrons. The van der Waals surface area contributed by atoms with Crippen LogP contribution in [0.3, 0.4) is 0 Å². The first-order chi connectivity index (χ1) is 14.1. The number of hydrogen-bond acceptors (Lipinski definition) is 3. The second kappa shape index (κ2) is 7.91. The zero-order valence-corrected chi connectivity index (χ0v) is 16.7. The van der Waals surface area contributed by atoms with Crippen molar-refractivity contribution in [2.24, 2.45) is 0 Å². The molecule has 2 aromatic heterocycles. The van der Waals surface area contributed by atoms with Gasteiger partial charge in [0.1, 0.15) is 12.1 Å². The molecule has 148 valence electrons. The molecule has 2 heterocycles. The number of carbonyl (C=O) groups is 1.